The molecule has 1 unspecified atom stereocenters. The van der Waals surface area contributed by atoms with Crippen LogP contribution in [-0.4, -0.2) is 36.9 Å². The normalized spacial score (nSPS) is 12.9. The van der Waals surface area contributed by atoms with Crippen LogP contribution < -0.4 is 5.32 Å². The Morgan fingerprint density at radius 2 is 2.26 bits per heavy atom. The highest BCUT2D eigenvalue weighted by Crippen LogP contribution is 2.21. The second-order valence-electron chi connectivity index (χ2n) is 4.37. The molecule has 7 nitrogen and oxygen atoms in total. The van der Waals surface area contributed by atoms with Crippen molar-refractivity contribution in [3.63, 3.8) is 0 Å². The fraction of sp³-hybridized carbons (Fsp3) is 0.333. The van der Waals surface area contributed by atoms with Crippen molar-refractivity contribution < 1.29 is 0 Å². The molecule has 3 heterocycles. The quantitative estimate of drug-likeness (QED) is 0.730. The minimum absolute atomic E-state index is 0.115. The summed E-state index contributed by atoms with van der Waals surface area (Å²) < 4.78 is 1.86. The first-order valence-electron chi connectivity index (χ1n) is 6.10. The summed E-state index contributed by atoms with van der Waals surface area (Å²) in [5, 5.41) is 19.7. The minimum atomic E-state index is 0.115. The van der Waals surface area contributed by atoms with E-state index in [9.17, 15) is 0 Å². The van der Waals surface area contributed by atoms with Gasteiger partial charge in [0.15, 0.2) is 5.82 Å². The van der Waals surface area contributed by atoms with Crippen LogP contribution in [0.2, 0.25) is 0 Å². The van der Waals surface area contributed by atoms with Gasteiger partial charge >= 0.3 is 0 Å². The lowest BCUT2D eigenvalue weighted by atomic mass is 10.1. The molecule has 0 aliphatic carbocycles. The zero-order valence-electron chi connectivity index (χ0n) is 10.9. The average Bonchev–Trinajstić information content (AvgIpc) is 3.02. The van der Waals surface area contributed by atoms with Crippen LogP contribution in [0, 0.1) is 0 Å². The first kappa shape index (κ1) is 11.8. The highest BCUT2D eigenvalue weighted by atomic mass is 15.6. The molecule has 0 aliphatic heterocycles. The second kappa shape index (κ2) is 4.77. The van der Waals surface area contributed by atoms with Crippen molar-refractivity contribution in [2.75, 3.05) is 7.05 Å². The molecular weight excluding hydrogens is 242 g/mol. The zero-order valence-corrected chi connectivity index (χ0v) is 10.9. The van der Waals surface area contributed by atoms with Crippen LogP contribution in [0.4, 0.5) is 0 Å². The van der Waals surface area contributed by atoms with Crippen LogP contribution in [0.25, 0.3) is 5.52 Å². The number of hydrogen-bond donors (Lipinski definition) is 1. The standard InChI is InChI=1S/C12H15N7/c1-13-10(7-12-15-17-18(2)16-12)9-8-14-19-6-4-3-5-11(9)19/h3-6,8,10,13H,7H2,1-2H3. The van der Waals surface area contributed by atoms with Gasteiger partial charge in [-0.25, -0.2) is 4.52 Å². The van der Waals surface area contributed by atoms with Crippen molar-refractivity contribution >= 4 is 5.52 Å². The molecule has 19 heavy (non-hydrogen) atoms. The number of fused-ring (bicyclic) bond motifs is 1. The number of nitrogens with one attached hydrogen (secondary N) is 1. The lowest BCUT2D eigenvalue weighted by Crippen LogP contribution is -2.19. The Labute approximate surface area is 110 Å². The van der Waals surface area contributed by atoms with Gasteiger partial charge in [-0.2, -0.15) is 9.90 Å². The number of likely N-dealkylation sites (N-methyl/N-ethyl adjacent to an activating group) is 1. The van der Waals surface area contributed by atoms with Gasteiger partial charge in [-0.05, 0) is 24.4 Å². The molecule has 0 aliphatic rings. The number of hydrogen-bond acceptors (Lipinski definition) is 5. The van der Waals surface area contributed by atoms with Crippen LogP contribution in [-0.2, 0) is 13.5 Å². The largest absolute Gasteiger partial charge is 0.312 e. The minimum Gasteiger partial charge on any atom is -0.312 e. The number of aromatic nitrogens is 6. The summed E-state index contributed by atoms with van der Waals surface area (Å²) >= 11 is 0. The van der Waals surface area contributed by atoms with Crippen molar-refractivity contribution in [3.05, 3.63) is 42.0 Å². The van der Waals surface area contributed by atoms with E-state index in [-0.39, 0.29) is 6.04 Å². The monoisotopic (exact) mass is 257 g/mol. The third kappa shape index (κ3) is 2.19. The van der Waals surface area contributed by atoms with Crippen LogP contribution in [0.15, 0.2) is 30.6 Å². The number of pyridine rings is 1. The Hall–Kier alpha value is -2.28. The van der Waals surface area contributed by atoms with Crippen molar-refractivity contribution in [3.8, 4) is 0 Å². The fourth-order valence-electron chi connectivity index (χ4n) is 2.18. The lowest BCUT2D eigenvalue weighted by molar-refractivity contribution is 0.573. The number of tetrazole rings is 1. The average molecular weight is 257 g/mol. The molecule has 0 saturated heterocycles. The van der Waals surface area contributed by atoms with E-state index in [2.05, 4.69) is 31.9 Å². The van der Waals surface area contributed by atoms with Crippen LogP contribution in [0.5, 0.6) is 0 Å². The first-order chi connectivity index (χ1) is 9.28. The molecule has 0 spiro atoms. The Bertz CT molecular complexity index is 684. The molecule has 0 fully saturated rings. The van der Waals surface area contributed by atoms with Crippen LogP contribution >= 0.6 is 0 Å². The molecule has 0 aromatic carbocycles. The number of nitrogens with zero attached hydrogens (tertiary/aromatic N) is 6. The van der Waals surface area contributed by atoms with E-state index in [0.717, 1.165) is 16.9 Å². The first-order valence-corrected chi connectivity index (χ1v) is 6.10. The zero-order chi connectivity index (χ0) is 13.2. The topological polar surface area (TPSA) is 72.9 Å². The van der Waals surface area contributed by atoms with Gasteiger partial charge in [0.25, 0.3) is 0 Å². The van der Waals surface area contributed by atoms with Gasteiger partial charge in [-0.3, -0.25) is 0 Å². The van der Waals surface area contributed by atoms with Gasteiger partial charge in [0.2, 0.25) is 0 Å². The van der Waals surface area contributed by atoms with E-state index >= 15 is 0 Å². The van der Waals surface area contributed by atoms with E-state index in [1.807, 2.05) is 36.1 Å². The predicted octanol–water partition coefficient (Wildman–Crippen LogP) is 0.361. The highest BCUT2D eigenvalue weighted by molar-refractivity contribution is 5.54. The van der Waals surface area contributed by atoms with Gasteiger partial charge in [0.05, 0.1) is 18.8 Å². The number of aryl methyl sites for hydroxylation is 1. The molecule has 1 N–H and O–H groups in total. The van der Waals surface area contributed by atoms with Gasteiger partial charge in [0.1, 0.15) is 0 Å². The van der Waals surface area contributed by atoms with Crippen molar-refractivity contribution in [2.45, 2.75) is 12.5 Å². The van der Waals surface area contributed by atoms with E-state index < -0.39 is 0 Å². The Kier molecular flexibility index (Phi) is 2.96. The fourth-order valence-corrected chi connectivity index (χ4v) is 2.18. The third-order valence-electron chi connectivity index (χ3n) is 3.12. The van der Waals surface area contributed by atoms with Crippen molar-refractivity contribution in [1.82, 2.24) is 35.1 Å². The van der Waals surface area contributed by atoms with Gasteiger partial charge < -0.3 is 5.32 Å². The highest BCUT2D eigenvalue weighted by Gasteiger charge is 2.17. The summed E-state index contributed by atoms with van der Waals surface area (Å²) in [5.41, 5.74) is 2.22. The summed E-state index contributed by atoms with van der Waals surface area (Å²) in [7, 11) is 3.69. The molecule has 0 bridgehead atoms. The Morgan fingerprint density at radius 1 is 1.37 bits per heavy atom. The van der Waals surface area contributed by atoms with Gasteiger partial charge in [0, 0.05) is 24.2 Å². The molecule has 0 radical (unpaired) electrons. The van der Waals surface area contributed by atoms with E-state index in [4.69, 9.17) is 0 Å². The summed E-state index contributed by atoms with van der Waals surface area (Å²) in [6.45, 7) is 0. The summed E-state index contributed by atoms with van der Waals surface area (Å²) in [6.07, 6.45) is 4.50. The molecule has 3 aromatic rings. The molecule has 98 valence electrons. The van der Waals surface area contributed by atoms with Crippen LogP contribution in [0.3, 0.4) is 0 Å². The van der Waals surface area contributed by atoms with Crippen molar-refractivity contribution in [2.24, 2.45) is 7.05 Å². The smallest absolute Gasteiger partial charge is 0.176 e. The van der Waals surface area contributed by atoms with Gasteiger partial charge in [-0.1, -0.05) is 6.07 Å². The Balaban J connectivity index is 1.93. The SMILES string of the molecule is CNC(Cc1nnn(C)n1)c1cnn2ccccc12. The van der Waals surface area contributed by atoms with E-state index in [0.29, 0.717) is 6.42 Å². The second-order valence-corrected chi connectivity index (χ2v) is 4.37. The maximum atomic E-state index is 4.35. The maximum absolute atomic E-state index is 4.35. The molecule has 3 aromatic heterocycles. The predicted molar refractivity (Wildman–Crippen MR) is 69.5 cm³/mol. The Morgan fingerprint density at radius 3 is 3.00 bits per heavy atom. The molecule has 7 heteroatoms. The maximum Gasteiger partial charge on any atom is 0.176 e. The van der Waals surface area contributed by atoms with Crippen LogP contribution in [0.1, 0.15) is 17.4 Å². The summed E-state index contributed by atoms with van der Waals surface area (Å²) in [4.78, 5) is 1.47. The third-order valence-corrected chi connectivity index (χ3v) is 3.12. The summed E-state index contributed by atoms with van der Waals surface area (Å²) in [5.74, 6) is 0.720. The van der Waals surface area contributed by atoms with Crippen molar-refractivity contribution in [1.29, 1.82) is 0 Å². The molecule has 0 saturated carbocycles. The molecular formula is C12H15N7. The van der Waals surface area contributed by atoms with E-state index in [1.54, 1.807) is 7.05 Å². The summed E-state index contributed by atoms with van der Waals surface area (Å²) in [6, 6.07) is 6.14. The van der Waals surface area contributed by atoms with E-state index in [1.165, 1.54) is 4.80 Å². The molecule has 3 rings (SSSR count). The molecule has 1 atom stereocenters. The van der Waals surface area contributed by atoms with Gasteiger partial charge in [-0.15, -0.1) is 10.2 Å². The number of rotatable bonds is 4. The lowest BCUT2D eigenvalue weighted by Gasteiger charge is -2.12. The molecule has 0 amide bonds.